The van der Waals surface area contributed by atoms with Crippen molar-refractivity contribution in [2.75, 3.05) is 4.90 Å². The van der Waals surface area contributed by atoms with Crippen molar-refractivity contribution in [2.45, 2.75) is 0 Å². The van der Waals surface area contributed by atoms with Gasteiger partial charge in [0.2, 0.25) is 0 Å². The van der Waals surface area contributed by atoms with Gasteiger partial charge >= 0.3 is 0 Å². The van der Waals surface area contributed by atoms with E-state index in [0.717, 1.165) is 0 Å². The summed E-state index contributed by atoms with van der Waals surface area (Å²) in [6.45, 7) is 0. The first-order valence-corrected chi connectivity index (χ1v) is 9.24. The Morgan fingerprint density at radius 3 is 2.55 bits per heavy atom. The van der Waals surface area contributed by atoms with E-state index in [-0.39, 0.29) is 16.5 Å². The summed E-state index contributed by atoms with van der Waals surface area (Å²) in [5.41, 5.74) is 0.959. The van der Waals surface area contributed by atoms with Crippen LogP contribution in [0.2, 0.25) is 5.02 Å². The van der Waals surface area contributed by atoms with Gasteiger partial charge in [-0.3, -0.25) is 19.8 Å². The Hall–Kier alpha value is -3.29. The summed E-state index contributed by atoms with van der Waals surface area (Å²) in [6.07, 6.45) is 1.34. The Balaban J connectivity index is 1.67. The maximum absolute atomic E-state index is 13.1. The maximum Gasteiger partial charge on any atom is 0.270 e. The highest BCUT2D eigenvalue weighted by molar-refractivity contribution is 7.80. The van der Waals surface area contributed by atoms with Gasteiger partial charge in [-0.1, -0.05) is 17.7 Å². The lowest BCUT2D eigenvalue weighted by molar-refractivity contribution is -0.122. The minimum Gasteiger partial charge on any atom is -0.457 e. The van der Waals surface area contributed by atoms with Crippen LogP contribution >= 0.6 is 23.8 Å². The van der Waals surface area contributed by atoms with Gasteiger partial charge in [0.1, 0.15) is 22.9 Å². The van der Waals surface area contributed by atoms with Gasteiger partial charge < -0.3 is 4.42 Å². The molecule has 4 rings (SSSR count). The molecule has 8 heteroatoms. The Bertz CT molecular complexity index is 1170. The zero-order chi connectivity index (χ0) is 20.5. The third-order valence-corrected chi connectivity index (χ3v) is 4.73. The highest BCUT2D eigenvalue weighted by atomic mass is 35.5. The molecular weight excluding hydrogens is 415 g/mol. The van der Waals surface area contributed by atoms with E-state index in [1.807, 2.05) is 0 Å². The second kappa shape index (κ2) is 7.62. The lowest BCUT2D eigenvalue weighted by atomic mass is 10.1. The van der Waals surface area contributed by atoms with Crippen LogP contribution < -0.4 is 10.2 Å². The number of benzene rings is 2. The van der Waals surface area contributed by atoms with Gasteiger partial charge in [-0.15, -0.1) is 0 Å². The average molecular weight is 427 g/mol. The van der Waals surface area contributed by atoms with Crippen LogP contribution in [-0.2, 0) is 9.59 Å². The first-order chi connectivity index (χ1) is 13.9. The Morgan fingerprint density at radius 1 is 1.07 bits per heavy atom. The van der Waals surface area contributed by atoms with Crippen LogP contribution in [0.25, 0.3) is 17.4 Å². The molecule has 1 saturated heterocycles. The molecule has 0 unspecified atom stereocenters. The number of carbonyl (C=O) groups excluding carboxylic acids is 2. The van der Waals surface area contributed by atoms with Crippen LogP contribution in [0.4, 0.5) is 10.1 Å². The van der Waals surface area contributed by atoms with Gasteiger partial charge in [0.25, 0.3) is 11.8 Å². The maximum atomic E-state index is 13.1. The van der Waals surface area contributed by atoms with Crippen LogP contribution in [0.3, 0.4) is 0 Å². The SMILES string of the molecule is O=C1NC(=S)N(c2cccc(Cl)c2)C(=O)C1=Cc1ccc(-c2ccc(F)cc2)o1. The van der Waals surface area contributed by atoms with Crippen LogP contribution in [0.15, 0.2) is 70.7 Å². The molecule has 2 aromatic carbocycles. The molecule has 0 radical (unpaired) electrons. The lowest BCUT2D eigenvalue weighted by Gasteiger charge is -2.28. The van der Waals surface area contributed by atoms with Gasteiger partial charge in [0, 0.05) is 10.6 Å². The van der Waals surface area contributed by atoms with Gasteiger partial charge in [0.05, 0.1) is 5.69 Å². The number of halogens is 2. The van der Waals surface area contributed by atoms with E-state index in [0.29, 0.717) is 27.8 Å². The Morgan fingerprint density at radius 2 is 1.83 bits per heavy atom. The topological polar surface area (TPSA) is 62.6 Å². The number of carbonyl (C=O) groups is 2. The summed E-state index contributed by atoms with van der Waals surface area (Å²) >= 11 is 11.2. The van der Waals surface area contributed by atoms with E-state index in [9.17, 15) is 14.0 Å². The van der Waals surface area contributed by atoms with Gasteiger partial charge in [-0.25, -0.2) is 4.39 Å². The molecular formula is C21H12ClFN2O3S. The van der Waals surface area contributed by atoms with Crippen molar-refractivity contribution < 1.29 is 18.4 Å². The molecule has 0 saturated carbocycles. The Labute approximate surface area is 175 Å². The van der Waals surface area contributed by atoms with Crippen LogP contribution in [0.1, 0.15) is 5.76 Å². The number of furan rings is 1. The summed E-state index contributed by atoms with van der Waals surface area (Å²) in [6, 6.07) is 15.6. The molecule has 2 heterocycles. The number of hydrogen-bond donors (Lipinski definition) is 1. The average Bonchev–Trinajstić information content (AvgIpc) is 3.14. The molecule has 2 amide bonds. The molecule has 3 aromatic rings. The third-order valence-electron chi connectivity index (χ3n) is 4.21. The van der Waals surface area contributed by atoms with Crippen molar-refractivity contribution in [3.63, 3.8) is 0 Å². The van der Waals surface area contributed by atoms with Crippen LogP contribution in [-0.4, -0.2) is 16.9 Å². The van der Waals surface area contributed by atoms with E-state index < -0.39 is 11.8 Å². The summed E-state index contributed by atoms with van der Waals surface area (Å²) in [7, 11) is 0. The quantitative estimate of drug-likeness (QED) is 0.378. The first-order valence-electron chi connectivity index (χ1n) is 8.45. The van der Waals surface area contributed by atoms with Crippen LogP contribution in [0.5, 0.6) is 0 Å². The van der Waals surface area contributed by atoms with Crippen LogP contribution in [0, 0.1) is 5.82 Å². The second-order valence-electron chi connectivity index (χ2n) is 6.15. The number of anilines is 1. The summed E-state index contributed by atoms with van der Waals surface area (Å²) in [5.74, 6) is -0.813. The van der Waals surface area contributed by atoms with E-state index >= 15 is 0 Å². The fourth-order valence-electron chi connectivity index (χ4n) is 2.85. The number of rotatable bonds is 3. The van der Waals surface area contributed by atoms with E-state index in [1.54, 1.807) is 48.5 Å². The smallest absolute Gasteiger partial charge is 0.270 e. The minimum atomic E-state index is -0.627. The standard InChI is InChI=1S/C21H12ClFN2O3S/c22-13-2-1-3-15(10-13)25-20(27)17(19(26)24-21(25)29)11-16-8-9-18(28-16)12-4-6-14(23)7-5-12/h1-11H,(H,24,26,29). The number of thiocarbonyl (C=S) groups is 1. The van der Waals surface area contributed by atoms with E-state index in [1.165, 1.54) is 23.1 Å². The van der Waals surface area contributed by atoms with Crippen molar-refractivity contribution in [2.24, 2.45) is 0 Å². The summed E-state index contributed by atoms with van der Waals surface area (Å²) in [5, 5.41) is 2.89. The molecule has 0 atom stereocenters. The fraction of sp³-hybridized carbons (Fsp3) is 0. The zero-order valence-corrected chi connectivity index (χ0v) is 16.3. The third kappa shape index (κ3) is 3.83. The number of nitrogens with one attached hydrogen (secondary N) is 1. The monoisotopic (exact) mass is 426 g/mol. The van der Waals surface area contributed by atoms with Crippen molar-refractivity contribution in [3.8, 4) is 11.3 Å². The van der Waals surface area contributed by atoms with E-state index in [2.05, 4.69) is 5.32 Å². The first kappa shape index (κ1) is 19.0. The molecule has 0 bridgehead atoms. The normalized spacial score (nSPS) is 15.7. The minimum absolute atomic E-state index is 0.0362. The molecule has 1 fully saturated rings. The molecule has 1 aliphatic heterocycles. The zero-order valence-electron chi connectivity index (χ0n) is 14.7. The molecule has 1 aliphatic rings. The van der Waals surface area contributed by atoms with Gasteiger partial charge in [-0.05, 0) is 72.9 Å². The highest BCUT2D eigenvalue weighted by Gasteiger charge is 2.34. The van der Waals surface area contributed by atoms with Gasteiger partial charge in [-0.2, -0.15) is 0 Å². The molecule has 1 aromatic heterocycles. The van der Waals surface area contributed by atoms with Crippen molar-refractivity contribution in [1.29, 1.82) is 0 Å². The number of amides is 2. The molecule has 0 spiro atoms. The summed E-state index contributed by atoms with van der Waals surface area (Å²) < 4.78 is 18.8. The van der Waals surface area contributed by atoms with Crippen molar-refractivity contribution >= 4 is 52.5 Å². The predicted molar refractivity (Wildman–Crippen MR) is 112 cm³/mol. The highest BCUT2D eigenvalue weighted by Crippen LogP contribution is 2.27. The van der Waals surface area contributed by atoms with Crippen molar-refractivity contribution in [3.05, 3.63) is 82.8 Å². The molecule has 1 N–H and O–H groups in total. The van der Waals surface area contributed by atoms with Gasteiger partial charge in [0.15, 0.2) is 5.11 Å². The molecule has 5 nitrogen and oxygen atoms in total. The molecule has 144 valence electrons. The lowest BCUT2D eigenvalue weighted by Crippen LogP contribution is -2.54. The largest absolute Gasteiger partial charge is 0.457 e. The fourth-order valence-corrected chi connectivity index (χ4v) is 3.31. The van der Waals surface area contributed by atoms with E-state index in [4.69, 9.17) is 28.2 Å². The Kier molecular flexibility index (Phi) is 5.00. The van der Waals surface area contributed by atoms with Crippen molar-refractivity contribution in [1.82, 2.24) is 5.32 Å². The summed E-state index contributed by atoms with van der Waals surface area (Å²) in [4.78, 5) is 26.5. The molecule has 29 heavy (non-hydrogen) atoms. The second-order valence-corrected chi connectivity index (χ2v) is 6.97. The number of hydrogen-bond acceptors (Lipinski definition) is 4. The number of nitrogens with zero attached hydrogens (tertiary/aromatic N) is 1. The molecule has 0 aliphatic carbocycles. The predicted octanol–water partition coefficient (Wildman–Crippen LogP) is 4.57.